The number of rotatable bonds is 6. The second kappa shape index (κ2) is 10.9. The Bertz CT molecular complexity index is 461. The SMILES string of the molecule is CN=C(NCCCN(C)C)N1CCC(Cc2ccccc2)C1.I. The molecule has 0 aliphatic carbocycles. The van der Waals surface area contributed by atoms with E-state index in [0.717, 1.165) is 44.5 Å². The predicted molar refractivity (Wildman–Crippen MR) is 110 cm³/mol. The molecule has 2 rings (SSSR count). The Labute approximate surface area is 158 Å². The lowest BCUT2D eigenvalue weighted by Gasteiger charge is -2.22. The maximum absolute atomic E-state index is 4.45. The number of nitrogens with zero attached hydrogens (tertiary/aromatic N) is 3. The lowest BCUT2D eigenvalue weighted by molar-refractivity contribution is 0.396. The molecule has 23 heavy (non-hydrogen) atoms. The molecule has 0 spiro atoms. The standard InChI is InChI=1S/C18H30N4.HI/c1-19-18(20-11-7-12-21(2)3)22-13-10-17(15-22)14-16-8-5-4-6-9-16;/h4-6,8-9,17H,7,10-15H2,1-3H3,(H,19,20);1H. The van der Waals surface area contributed by atoms with Crippen LogP contribution in [-0.2, 0) is 6.42 Å². The Morgan fingerprint density at radius 3 is 2.70 bits per heavy atom. The molecular formula is C18H31IN4. The number of benzene rings is 1. The van der Waals surface area contributed by atoms with Crippen molar-refractivity contribution in [3.8, 4) is 0 Å². The number of nitrogens with one attached hydrogen (secondary N) is 1. The van der Waals surface area contributed by atoms with Crippen LogP contribution in [0.15, 0.2) is 35.3 Å². The van der Waals surface area contributed by atoms with Crippen LogP contribution in [0.1, 0.15) is 18.4 Å². The van der Waals surface area contributed by atoms with Crippen molar-refractivity contribution in [2.75, 3.05) is 47.3 Å². The monoisotopic (exact) mass is 430 g/mol. The van der Waals surface area contributed by atoms with Crippen molar-refractivity contribution in [3.05, 3.63) is 35.9 Å². The van der Waals surface area contributed by atoms with Crippen LogP contribution >= 0.6 is 24.0 Å². The molecule has 0 saturated carbocycles. The summed E-state index contributed by atoms with van der Waals surface area (Å²) in [6.45, 7) is 4.33. The number of aliphatic imine (C=N–C) groups is 1. The molecule has 1 fully saturated rings. The second-order valence-corrected chi connectivity index (χ2v) is 6.42. The van der Waals surface area contributed by atoms with Gasteiger partial charge in [0.15, 0.2) is 5.96 Å². The molecule has 1 heterocycles. The van der Waals surface area contributed by atoms with Gasteiger partial charge in [0.1, 0.15) is 0 Å². The largest absolute Gasteiger partial charge is 0.356 e. The van der Waals surface area contributed by atoms with Gasteiger partial charge in [0.05, 0.1) is 0 Å². The smallest absolute Gasteiger partial charge is 0.193 e. The molecule has 1 aliphatic rings. The molecular weight excluding hydrogens is 399 g/mol. The van der Waals surface area contributed by atoms with E-state index in [1.54, 1.807) is 0 Å². The summed E-state index contributed by atoms with van der Waals surface area (Å²) >= 11 is 0. The average molecular weight is 430 g/mol. The minimum atomic E-state index is 0. The molecule has 5 heteroatoms. The average Bonchev–Trinajstić information content (AvgIpc) is 2.96. The third kappa shape index (κ3) is 7.08. The van der Waals surface area contributed by atoms with Gasteiger partial charge in [0, 0.05) is 26.7 Å². The highest BCUT2D eigenvalue weighted by molar-refractivity contribution is 14.0. The van der Waals surface area contributed by atoms with Gasteiger partial charge in [-0.3, -0.25) is 4.99 Å². The topological polar surface area (TPSA) is 30.9 Å². The molecule has 0 bridgehead atoms. The van der Waals surface area contributed by atoms with E-state index in [4.69, 9.17) is 0 Å². The Morgan fingerprint density at radius 2 is 2.04 bits per heavy atom. The van der Waals surface area contributed by atoms with E-state index in [-0.39, 0.29) is 24.0 Å². The quantitative estimate of drug-likeness (QED) is 0.326. The highest BCUT2D eigenvalue weighted by Crippen LogP contribution is 2.20. The van der Waals surface area contributed by atoms with Gasteiger partial charge in [-0.05, 0) is 51.4 Å². The first-order valence-electron chi connectivity index (χ1n) is 8.33. The first-order chi connectivity index (χ1) is 10.7. The summed E-state index contributed by atoms with van der Waals surface area (Å²) in [5.74, 6) is 1.80. The van der Waals surface area contributed by atoms with Gasteiger partial charge in [0.2, 0.25) is 0 Å². The molecule has 0 aromatic heterocycles. The zero-order valence-corrected chi connectivity index (χ0v) is 17.0. The first-order valence-corrected chi connectivity index (χ1v) is 8.33. The summed E-state index contributed by atoms with van der Waals surface area (Å²) in [6, 6.07) is 10.8. The molecule has 130 valence electrons. The first kappa shape index (κ1) is 20.2. The molecule has 1 aliphatic heterocycles. The van der Waals surface area contributed by atoms with E-state index in [1.165, 1.54) is 18.4 Å². The summed E-state index contributed by atoms with van der Waals surface area (Å²) in [4.78, 5) is 9.07. The predicted octanol–water partition coefficient (Wildman–Crippen LogP) is 2.70. The van der Waals surface area contributed by atoms with E-state index < -0.39 is 0 Å². The Kier molecular flexibility index (Phi) is 9.55. The lowest BCUT2D eigenvalue weighted by atomic mass is 9.99. The zero-order valence-electron chi connectivity index (χ0n) is 14.7. The van der Waals surface area contributed by atoms with E-state index in [1.807, 2.05) is 7.05 Å². The third-order valence-electron chi connectivity index (χ3n) is 4.23. The molecule has 4 nitrogen and oxygen atoms in total. The van der Waals surface area contributed by atoms with Crippen molar-refractivity contribution in [2.24, 2.45) is 10.9 Å². The molecule has 1 aromatic carbocycles. The number of halogens is 1. The van der Waals surface area contributed by atoms with Gasteiger partial charge in [-0.2, -0.15) is 0 Å². The van der Waals surface area contributed by atoms with Gasteiger partial charge in [-0.1, -0.05) is 30.3 Å². The number of hydrogen-bond donors (Lipinski definition) is 1. The van der Waals surface area contributed by atoms with Crippen LogP contribution < -0.4 is 5.32 Å². The lowest BCUT2D eigenvalue weighted by Crippen LogP contribution is -2.41. The summed E-state index contributed by atoms with van der Waals surface area (Å²) in [5, 5.41) is 3.50. The number of likely N-dealkylation sites (tertiary alicyclic amines) is 1. The Balaban J connectivity index is 0.00000264. The molecule has 0 radical (unpaired) electrons. The zero-order chi connectivity index (χ0) is 15.8. The minimum absolute atomic E-state index is 0. The Hall–Kier alpha value is -0.820. The summed E-state index contributed by atoms with van der Waals surface area (Å²) < 4.78 is 0. The van der Waals surface area contributed by atoms with Crippen LogP contribution in [0.25, 0.3) is 0 Å². The molecule has 1 aromatic rings. The fourth-order valence-corrected chi connectivity index (χ4v) is 3.07. The normalized spacial score (nSPS) is 18.2. The van der Waals surface area contributed by atoms with Gasteiger partial charge >= 0.3 is 0 Å². The van der Waals surface area contributed by atoms with Crippen LogP contribution in [-0.4, -0.2) is 63.1 Å². The molecule has 0 amide bonds. The van der Waals surface area contributed by atoms with Gasteiger partial charge in [0.25, 0.3) is 0 Å². The maximum atomic E-state index is 4.45. The highest BCUT2D eigenvalue weighted by atomic mass is 127. The van der Waals surface area contributed by atoms with Crippen LogP contribution in [0.4, 0.5) is 0 Å². The van der Waals surface area contributed by atoms with Crippen molar-refractivity contribution >= 4 is 29.9 Å². The van der Waals surface area contributed by atoms with Crippen molar-refractivity contribution in [2.45, 2.75) is 19.3 Å². The molecule has 1 N–H and O–H groups in total. The molecule has 1 saturated heterocycles. The van der Waals surface area contributed by atoms with Gasteiger partial charge in [-0.25, -0.2) is 0 Å². The van der Waals surface area contributed by atoms with Crippen molar-refractivity contribution in [3.63, 3.8) is 0 Å². The van der Waals surface area contributed by atoms with E-state index in [0.29, 0.717) is 0 Å². The van der Waals surface area contributed by atoms with Crippen molar-refractivity contribution in [1.82, 2.24) is 15.1 Å². The summed E-state index contributed by atoms with van der Waals surface area (Å²) in [6.07, 6.45) is 3.58. The van der Waals surface area contributed by atoms with Crippen molar-refractivity contribution in [1.29, 1.82) is 0 Å². The minimum Gasteiger partial charge on any atom is -0.356 e. The number of hydrogen-bond acceptors (Lipinski definition) is 2. The molecule has 1 unspecified atom stereocenters. The van der Waals surface area contributed by atoms with Crippen LogP contribution in [0.3, 0.4) is 0 Å². The van der Waals surface area contributed by atoms with Gasteiger partial charge < -0.3 is 15.1 Å². The molecule has 1 atom stereocenters. The van der Waals surface area contributed by atoms with Crippen LogP contribution in [0.5, 0.6) is 0 Å². The fraction of sp³-hybridized carbons (Fsp3) is 0.611. The number of guanidine groups is 1. The summed E-state index contributed by atoms with van der Waals surface area (Å²) in [5.41, 5.74) is 1.45. The van der Waals surface area contributed by atoms with Gasteiger partial charge in [-0.15, -0.1) is 24.0 Å². The van der Waals surface area contributed by atoms with Crippen LogP contribution in [0, 0.1) is 5.92 Å². The third-order valence-corrected chi connectivity index (χ3v) is 4.23. The highest BCUT2D eigenvalue weighted by Gasteiger charge is 2.24. The van der Waals surface area contributed by atoms with Crippen LogP contribution in [0.2, 0.25) is 0 Å². The Morgan fingerprint density at radius 1 is 1.30 bits per heavy atom. The summed E-state index contributed by atoms with van der Waals surface area (Å²) in [7, 11) is 6.12. The maximum Gasteiger partial charge on any atom is 0.193 e. The van der Waals surface area contributed by atoms with E-state index in [9.17, 15) is 0 Å². The van der Waals surface area contributed by atoms with E-state index in [2.05, 4.69) is 64.5 Å². The van der Waals surface area contributed by atoms with Crippen molar-refractivity contribution < 1.29 is 0 Å². The van der Waals surface area contributed by atoms with E-state index >= 15 is 0 Å². The second-order valence-electron chi connectivity index (χ2n) is 6.42. The fourth-order valence-electron chi connectivity index (χ4n) is 3.07.